The zero-order valence-electron chi connectivity index (χ0n) is 19.7. The second kappa shape index (κ2) is 7.93. The van der Waals surface area contributed by atoms with Crippen LogP contribution in [0.1, 0.15) is 70.2 Å². The first-order valence-corrected chi connectivity index (χ1v) is 12.2. The number of nitrogens with zero attached hydrogens (tertiary/aromatic N) is 2. The molecular weight excluding hydrogens is 420 g/mol. The predicted molar refractivity (Wildman–Crippen MR) is 133 cm³/mol. The van der Waals surface area contributed by atoms with Gasteiger partial charge in [0, 0.05) is 10.8 Å². The molecule has 6 rings (SSSR count). The van der Waals surface area contributed by atoms with E-state index in [9.17, 15) is 10.5 Å². The van der Waals surface area contributed by atoms with Crippen LogP contribution in [-0.4, -0.2) is 0 Å². The van der Waals surface area contributed by atoms with Gasteiger partial charge in [0.2, 0.25) is 0 Å². The minimum absolute atomic E-state index is 0.350. The predicted octanol–water partition coefficient (Wildman–Crippen LogP) is 7.57. The summed E-state index contributed by atoms with van der Waals surface area (Å²) in [7, 11) is 0. The van der Waals surface area contributed by atoms with Crippen molar-refractivity contribution in [3.8, 4) is 12.1 Å². The molecule has 0 saturated heterocycles. The average molecular weight is 447 g/mol. The molecule has 0 N–H and O–H groups in total. The van der Waals surface area contributed by atoms with Crippen LogP contribution >= 0.6 is 0 Å². The quantitative estimate of drug-likeness (QED) is 0.279. The second-order valence-electron chi connectivity index (χ2n) is 9.65. The van der Waals surface area contributed by atoms with Crippen molar-refractivity contribution >= 4 is 33.1 Å². The van der Waals surface area contributed by atoms with E-state index < -0.39 is 0 Å². The minimum atomic E-state index is 0.350. The van der Waals surface area contributed by atoms with E-state index in [-0.39, 0.29) is 0 Å². The highest BCUT2D eigenvalue weighted by Crippen LogP contribution is 2.40. The number of aryl methyl sites for hydroxylation is 4. The van der Waals surface area contributed by atoms with Crippen LogP contribution in [0.4, 0.5) is 0 Å². The summed E-state index contributed by atoms with van der Waals surface area (Å²) in [4.78, 5) is 0. The highest BCUT2D eigenvalue weighted by molar-refractivity contribution is 6.07. The second-order valence-corrected chi connectivity index (χ2v) is 9.65. The van der Waals surface area contributed by atoms with Crippen LogP contribution in [0.3, 0.4) is 0 Å². The SMILES string of the molecule is Cc1c(C)c(C#N)c2oc3ccc4c(c3c3c5c(ccc3oc2c1C#N)CCCC5)CCCC4. The average Bonchev–Trinajstić information content (AvgIpc) is 2.86. The van der Waals surface area contributed by atoms with Crippen LogP contribution in [0.25, 0.3) is 33.1 Å². The lowest BCUT2D eigenvalue weighted by molar-refractivity contribution is 0.612. The van der Waals surface area contributed by atoms with Crippen molar-refractivity contribution in [3.05, 3.63) is 68.8 Å². The molecule has 0 bridgehead atoms. The van der Waals surface area contributed by atoms with Crippen LogP contribution < -0.4 is 0 Å². The molecule has 2 aliphatic rings. The van der Waals surface area contributed by atoms with E-state index in [1.165, 1.54) is 35.1 Å². The highest BCUT2D eigenvalue weighted by Gasteiger charge is 2.23. The zero-order valence-corrected chi connectivity index (χ0v) is 19.7. The maximum absolute atomic E-state index is 10.0. The molecule has 34 heavy (non-hydrogen) atoms. The van der Waals surface area contributed by atoms with Crippen molar-refractivity contribution in [1.29, 1.82) is 10.5 Å². The number of nitriles is 2. The van der Waals surface area contributed by atoms with Crippen LogP contribution in [0.5, 0.6) is 0 Å². The highest BCUT2D eigenvalue weighted by atomic mass is 16.4. The number of rotatable bonds is 0. The first kappa shape index (κ1) is 20.8. The van der Waals surface area contributed by atoms with Gasteiger partial charge >= 0.3 is 0 Å². The number of fused-ring (bicyclic) bond motifs is 8. The van der Waals surface area contributed by atoms with Crippen molar-refractivity contribution < 1.29 is 8.83 Å². The third-order valence-corrected chi connectivity index (χ3v) is 7.86. The lowest BCUT2D eigenvalue weighted by Crippen LogP contribution is -2.06. The Labute approximate surface area is 198 Å². The minimum Gasteiger partial charge on any atom is -0.451 e. The molecule has 0 unspecified atom stereocenters. The maximum atomic E-state index is 10.0. The lowest BCUT2D eigenvalue weighted by atomic mass is 9.84. The summed E-state index contributed by atoms with van der Waals surface area (Å²) in [6.45, 7) is 3.74. The molecule has 168 valence electrons. The Morgan fingerprint density at radius 3 is 1.44 bits per heavy atom. The van der Waals surface area contributed by atoms with E-state index in [2.05, 4.69) is 36.4 Å². The van der Waals surface area contributed by atoms with E-state index in [0.717, 1.165) is 71.6 Å². The molecule has 0 amide bonds. The monoisotopic (exact) mass is 446 g/mol. The molecule has 0 fully saturated rings. The summed E-state index contributed by atoms with van der Waals surface area (Å²) in [6.07, 6.45) is 8.90. The van der Waals surface area contributed by atoms with Gasteiger partial charge in [0.25, 0.3) is 0 Å². The Hall–Kier alpha value is -3.76. The van der Waals surface area contributed by atoms with Crippen LogP contribution in [-0.2, 0) is 25.7 Å². The number of hydrogen-bond acceptors (Lipinski definition) is 4. The fourth-order valence-electron chi connectivity index (χ4n) is 5.96. The third-order valence-electron chi connectivity index (χ3n) is 7.86. The first-order valence-electron chi connectivity index (χ1n) is 12.2. The van der Waals surface area contributed by atoms with Crippen LogP contribution in [0.2, 0.25) is 0 Å². The van der Waals surface area contributed by atoms with E-state index in [4.69, 9.17) is 8.83 Å². The van der Waals surface area contributed by atoms with Gasteiger partial charge in [-0.15, -0.1) is 0 Å². The third kappa shape index (κ3) is 2.95. The number of hydrogen-bond donors (Lipinski definition) is 0. The largest absolute Gasteiger partial charge is 0.451 e. The van der Waals surface area contributed by atoms with Gasteiger partial charge < -0.3 is 8.83 Å². The maximum Gasteiger partial charge on any atom is 0.189 e. The summed E-state index contributed by atoms with van der Waals surface area (Å²) in [5.74, 6) is 0. The summed E-state index contributed by atoms with van der Waals surface area (Å²) in [6, 6.07) is 13.1. The molecule has 0 saturated carbocycles. The first-order chi connectivity index (χ1) is 16.6. The molecule has 1 heterocycles. The van der Waals surface area contributed by atoms with Gasteiger partial charge in [-0.05, 0) is 111 Å². The molecule has 2 aliphatic carbocycles. The van der Waals surface area contributed by atoms with Gasteiger partial charge in [0.15, 0.2) is 11.2 Å². The molecule has 0 atom stereocenters. The molecule has 1 aromatic heterocycles. The normalized spacial score (nSPS) is 14.9. The van der Waals surface area contributed by atoms with Gasteiger partial charge in [-0.25, -0.2) is 0 Å². The van der Waals surface area contributed by atoms with E-state index in [0.29, 0.717) is 22.3 Å². The molecule has 4 heteroatoms. The zero-order chi connectivity index (χ0) is 23.4. The standard InChI is InChI=1S/C30H26N2O2/c1-17-18(2)24(16-32)30-29(23(17)15-31)33-25-13-11-19-7-3-5-9-21(19)27(25)28-22-10-6-4-8-20(22)12-14-26(28)34-30/h11-14H,3-10H2,1-2H3. The van der Waals surface area contributed by atoms with Gasteiger partial charge in [-0.1, -0.05) is 12.1 Å². The molecule has 4 nitrogen and oxygen atoms in total. The fourth-order valence-corrected chi connectivity index (χ4v) is 5.96. The van der Waals surface area contributed by atoms with Crippen molar-refractivity contribution in [3.63, 3.8) is 0 Å². The molecule has 0 radical (unpaired) electrons. The van der Waals surface area contributed by atoms with Crippen LogP contribution in [0, 0.1) is 36.5 Å². The van der Waals surface area contributed by atoms with E-state index >= 15 is 0 Å². The molecular formula is C30H26N2O2. The van der Waals surface area contributed by atoms with Crippen molar-refractivity contribution in [1.82, 2.24) is 0 Å². The summed E-state index contributed by atoms with van der Waals surface area (Å²) in [5.41, 5.74) is 10.0. The Morgan fingerprint density at radius 2 is 1.03 bits per heavy atom. The van der Waals surface area contributed by atoms with Crippen LogP contribution in [0.15, 0.2) is 33.1 Å². The van der Waals surface area contributed by atoms with Crippen molar-refractivity contribution in [2.45, 2.75) is 65.2 Å². The van der Waals surface area contributed by atoms with Gasteiger partial charge in [-0.3, -0.25) is 0 Å². The summed E-state index contributed by atoms with van der Waals surface area (Å²) in [5, 5.41) is 22.3. The van der Waals surface area contributed by atoms with Gasteiger partial charge in [-0.2, -0.15) is 10.5 Å². The lowest BCUT2D eigenvalue weighted by Gasteiger charge is -2.22. The van der Waals surface area contributed by atoms with Gasteiger partial charge in [0.1, 0.15) is 34.4 Å². The topological polar surface area (TPSA) is 73.9 Å². The van der Waals surface area contributed by atoms with Gasteiger partial charge in [0.05, 0.1) is 0 Å². The fraction of sp³-hybridized carbons (Fsp3) is 0.333. The Kier molecular flexibility index (Phi) is 4.85. The van der Waals surface area contributed by atoms with E-state index in [1.54, 1.807) is 0 Å². The molecule has 3 aromatic carbocycles. The molecule has 4 aromatic rings. The summed E-state index contributed by atoms with van der Waals surface area (Å²) >= 11 is 0. The van der Waals surface area contributed by atoms with Crippen molar-refractivity contribution in [2.75, 3.05) is 0 Å². The Morgan fingerprint density at radius 1 is 0.618 bits per heavy atom. The molecule has 0 aliphatic heterocycles. The summed E-state index contributed by atoms with van der Waals surface area (Å²) < 4.78 is 13.2. The smallest absolute Gasteiger partial charge is 0.189 e. The van der Waals surface area contributed by atoms with Crippen molar-refractivity contribution in [2.24, 2.45) is 0 Å². The van der Waals surface area contributed by atoms with E-state index in [1.807, 2.05) is 13.8 Å². The molecule has 0 spiro atoms. The Balaban J connectivity index is 1.96. The Bertz CT molecular complexity index is 1530. The number of benzene rings is 3.